The molecule has 3 aliphatic rings. The van der Waals surface area contributed by atoms with Gasteiger partial charge in [0, 0.05) is 44.7 Å². The van der Waals surface area contributed by atoms with E-state index in [-0.39, 0.29) is 24.0 Å². The molecule has 2 atom stereocenters. The van der Waals surface area contributed by atoms with E-state index in [0.717, 1.165) is 45.4 Å². The highest BCUT2D eigenvalue weighted by molar-refractivity contribution is 14.0. The molecule has 0 bridgehead atoms. The monoisotopic (exact) mass is 450 g/mol. The standard InChI is InChI=1S/C18H34N4O.HI/c1-3-19-17(20-12-16(2)13-21-8-4-5-9-21)22-10-6-18(14-22)7-11-23-15-18;/h16H,3-15H2,1-2H3,(H,19,20);1H. The van der Waals surface area contributed by atoms with Crippen LogP contribution < -0.4 is 5.32 Å². The topological polar surface area (TPSA) is 40.1 Å². The van der Waals surface area contributed by atoms with Gasteiger partial charge in [-0.05, 0) is 51.6 Å². The second kappa shape index (κ2) is 9.57. The SMILES string of the molecule is CCNC(=NCC(C)CN1CCCC1)N1CCC2(CCOC2)C1.I. The maximum absolute atomic E-state index is 5.65. The molecule has 1 spiro atoms. The largest absolute Gasteiger partial charge is 0.381 e. The van der Waals surface area contributed by atoms with Crippen molar-refractivity contribution in [2.45, 2.75) is 39.5 Å². The van der Waals surface area contributed by atoms with Crippen LogP contribution in [0.2, 0.25) is 0 Å². The lowest BCUT2D eigenvalue weighted by Crippen LogP contribution is -2.42. The summed E-state index contributed by atoms with van der Waals surface area (Å²) in [6.07, 6.45) is 5.21. The normalized spacial score (nSPS) is 29.2. The molecular weight excluding hydrogens is 415 g/mol. The molecule has 24 heavy (non-hydrogen) atoms. The van der Waals surface area contributed by atoms with Gasteiger partial charge in [0.2, 0.25) is 0 Å². The highest BCUT2D eigenvalue weighted by Gasteiger charge is 2.42. The minimum Gasteiger partial charge on any atom is -0.381 e. The summed E-state index contributed by atoms with van der Waals surface area (Å²) in [5, 5.41) is 3.50. The van der Waals surface area contributed by atoms with Gasteiger partial charge in [-0.3, -0.25) is 4.99 Å². The van der Waals surface area contributed by atoms with Gasteiger partial charge in [0.1, 0.15) is 0 Å². The van der Waals surface area contributed by atoms with Gasteiger partial charge in [0.15, 0.2) is 5.96 Å². The maximum Gasteiger partial charge on any atom is 0.193 e. The van der Waals surface area contributed by atoms with Crippen molar-refractivity contribution in [3.05, 3.63) is 0 Å². The minimum absolute atomic E-state index is 0. The highest BCUT2D eigenvalue weighted by atomic mass is 127. The zero-order valence-electron chi connectivity index (χ0n) is 15.4. The predicted octanol–water partition coefficient (Wildman–Crippen LogP) is 2.41. The number of ether oxygens (including phenoxy) is 1. The van der Waals surface area contributed by atoms with E-state index in [1.807, 2.05) is 0 Å². The van der Waals surface area contributed by atoms with Crippen LogP contribution >= 0.6 is 24.0 Å². The lowest BCUT2D eigenvalue weighted by Gasteiger charge is -2.25. The first-order chi connectivity index (χ1) is 11.2. The Morgan fingerprint density at radius 2 is 2.04 bits per heavy atom. The van der Waals surface area contributed by atoms with Gasteiger partial charge >= 0.3 is 0 Å². The van der Waals surface area contributed by atoms with E-state index in [2.05, 4.69) is 29.0 Å². The third-order valence-corrected chi connectivity index (χ3v) is 5.58. The van der Waals surface area contributed by atoms with Crippen molar-refractivity contribution in [1.82, 2.24) is 15.1 Å². The van der Waals surface area contributed by atoms with Crippen LogP contribution in [0.1, 0.15) is 39.5 Å². The van der Waals surface area contributed by atoms with E-state index in [1.165, 1.54) is 45.3 Å². The van der Waals surface area contributed by atoms with Gasteiger partial charge < -0.3 is 19.9 Å². The summed E-state index contributed by atoms with van der Waals surface area (Å²) in [4.78, 5) is 10.0. The number of hydrogen-bond acceptors (Lipinski definition) is 3. The number of nitrogens with zero attached hydrogens (tertiary/aromatic N) is 3. The molecule has 3 aliphatic heterocycles. The fourth-order valence-corrected chi connectivity index (χ4v) is 4.22. The predicted molar refractivity (Wildman–Crippen MR) is 110 cm³/mol. The molecule has 0 aromatic rings. The van der Waals surface area contributed by atoms with E-state index < -0.39 is 0 Å². The van der Waals surface area contributed by atoms with Crippen molar-refractivity contribution in [2.24, 2.45) is 16.3 Å². The Hall–Kier alpha value is -0.0800. The Morgan fingerprint density at radius 3 is 2.71 bits per heavy atom. The van der Waals surface area contributed by atoms with Gasteiger partial charge in [0.25, 0.3) is 0 Å². The van der Waals surface area contributed by atoms with E-state index in [4.69, 9.17) is 9.73 Å². The summed E-state index contributed by atoms with van der Waals surface area (Å²) in [6.45, 7) is 14.2. The summed E-state index contributed by atoms with van der Waals surface area (Å²) in [7, 11) is 0. The molecule has 140 valence electrons. The maximum atomic E-state index is 5.65. The summed E-state index contributed by atoms with van der Waals surface area (Å²) in [5.74, 6) is 1.75. The molecule has 0 radical (unpaired) electrons. The van der Waals surface area contributed by atoms with E-state index in [9.17, 15) is 0 Å². The first-order valence-electron chi connectivity index (χ1n) is 9.54. The van der Waals surface area contributed by atoms with Gasteiger partial charge in [-0.15, -0.1) is 24.0 Å². The van der Waals surface area contributed by atoms with Gasteiger partial charge in [-0.2, -0.15) is 0 Å². The molecule has 5 nitrogen and oxygen atoms in total. The Morgan fingerprint density at radius 1 is 1.25 bits per heavy atom. The van der Waals surface area contributed by atoms with Gasteiger partial charge in [-0.1, -0.05) is 6.92 Å². The average Bonchev–Trinajstić information content (AvgIpc) is 3.28. The van der Waals surface area contributed by atoms with Gasteiger partial charge in [0.05, 0.1) is 6.61 Å². The van der Waals surface area contributed by atoms with Crippen molar-refractivity contribution in [2.75, 3.05) is 59.0 Å². The molecule has 0 aromatic carbocycles. The quantitative estimate of drug-likeness (QED) is 0.397. The summed E-state index contributed by atoms with van der Waals surface area (Å²) >= 11 is 0. The van der Waals surface area contributed by atoms with Crippen LogP contribution in [0, 0.1) is 11.3 Å². The molecular formula is C18H35IN4O. The third kappa shape index (κ3) is 5.21. The molecule has 2 unspecified atom stereocenters. The third-order valence-electron chi connectivity index (χ3n) is 5.58. The van der Waals surface area contributed by atoms with Crippen molar-refractivity contribution in [3.8, 4) is 0 Å². The summed E-state index contributed by atoms with van der Waals surface area (Å²) in [6, 6.07) is 0. The summed E-state index contributed by atoms with van der Waals surface area (Å²) in [5.41, 5.74) is 0.400. The first kappa shape index (κ1) is 20.2. The zero-order valence-corrected chi connectivity index (χ0v) is 17.8. The Balaban J connectivity index is 0.00000208. The molecule has 3 heterocycles. The molecule has 3 fully saturated rings. The molecule has 0 saturated carbocycles. The fourth-order valence-electron chi connectivity index (χ4n) is 4.22. The zero-order chi connectivity index (χ0) is 16.1. The highest BCUT2D eigenvalue weighted by Crippen LogP contribution is 2.38. The number of aliphatic imine (C=N–C) groups is 1. The lowest BCUT2D eigenvalue weighted by molar-refractivity contribution is 0.156. The molecule has 6 heteroatoms. The number of halogens is 1. The van der Waals surface area contributed by atoms with Crippen LogP contribution in [-0.4, -0.2) is 74.8 Å². The first-order valence-corrected chi connectivity index (χ1v) is 9.54. The van der Waals surface area contributed by atoms with Crippen LogP contribution in [0.5, 0.6) is 0 Å². The summed E-state index contributed by atoms with van der Waals surface area (Å²) < 4.78 is 5.65. The lowest BCUT2D eigenvalue weighted by atomic mass is 9.87. The second-order valence-electron chi connectivity index (χ2n) is 7.78. The number of likely N-dealkylation sites (tertiary alicyclic amines) is 2. The number of hydrogen-bond donors (Lipinski definition) is 1. The van der Waals surface area contributed by atoms with Crippen molar-refractivity contribution < 1.29 is 4.74 Å². The molecule has 0 aromatic heterocycles. The number of nitrogens with one attached hydrogen (secondary N) is 1. The van der Waals surface area contributed by atoms with E-state index in [0.29, 0.717) is 11.3 Å². The molecule has 0 amide bonds. The van der Waals surface area contributed by atoms with Crippen molar-refractivity contribution in [3.63, 3.8) is 0 Å². The van der Waals surface area contributed by atoms with Gasteiger partial charge in [-0.25, -0.2) is 0 Å². The minimum atomic E-state index is 0. The second-order valence-corrected chi connectivity index (χ2v) is 7.78. The fraction of sp³-hybridized carbons (Fsp3) is 0.944. The van der Waals surface area contributed by atoms with Crippen molar-refractivity contribution >= 4 is 29.9 Å². The molecule has 3 saturated heterocycles. The molecule has 1 N–H and O–H groups in total. The van der Waals surface area contributed by atoms with Crippen molar-refractivity contribution in [1.29, 1.82) is 0 Å². The van der Waals surface area contributed by atoms with E-state index >= 15 is 0 Å². The Labute approximate surface area is 164 Å². The smallest absolute Gasteiger partial charge is 0.193 e. The van der Waals surface area contributed by atoms with Crippen LogP contribution in [0.4, 0.5) is 0 Å². The van der Waals surface area contributed by atoms with Crippen LogP contribution in [0.3, 0.4) is 0 Å². The average molecular weight is 450 g/mol. The number of guanidine groups is 1. The van der Waals surface area contributed by atoms with E-state index in [1.54, 1.807) is 0 Å². The van der Waals surface area contributed by atoms with Crippen LogP contribution in [-0.2, 0) is 4.74 Å². The van der Waals surface area contributed by atoms with Crippen LogP contribution in [0.15, 0.2) is 4.99 Å². The Bertz CT molecular complexity index is 406. The molecule has 0 aliphatic carbocycles. The van der Waals surface area contributed by atoms with Crippen LogP contribution in [0.25, 0.3) is 0 Å². The molecule has 3 rings (SSSR count). The Kier molecular flexibility index (Phi) is 8.07. The number of rotatable bonds is 5.